The van der Waals surface area contributed by atoms with E-state index in [0.29, 0.717) is 0 Å². The summed E-state index contributed by atoms with van der Waals surface area (Å²) in [5.74, 6) is 1.96. The molecule has 2 heteroatoms. The molecule has 0 spiro atoms. The Morgan fingerprint density at radius 3 is 2.29 bits per heavy atom. The third-order valence-electron chi connectivity index (χ3n) is 5.73. The highest BCUT2D eigenvalue weighted by atomic mass is 15.2. The van der Waals surface area contributed by atoms with Gasteiger partial charge in [-0.05, 0) is 63.6 Å². The molecule has 21 heavy (non-hydrogen) atoms. The van der Waals surface area contributed by atoms with Crippen LogP contribution in [0.15, 0.2) is 0 Å². The lowest BCUT2D eigenvalue weighted by molar-refractivity contribution is 0.137. The van der Waals surface area contributed by atoms with E-state index in [1.54, 1.807) is 0 Å². The van der Waals surface area contributed by atoms with Crippen LogP contribution in [-0.2, 0) is 0 Å². The monoisotopic (exact) mass is 294 g/mol. The first-order valence-corrected chi connectivity index (χ1v) is 9.79. The number of hydrogen-bond acceptors (Lipinski definition) is 2. The fourth-order valence-corrected chi connectivity index (χ4v) is 4.39. The van der Waals surface area contributed by atoms with E-state index >= 15 is 0 Å². The van der Waals surface area contributed by atoms with Crippen molar-refractivity contribution in [3.63, 3.8) is 0 Å². The Hall–Kier alpha value is -0.0800. The van der Waals surface area contributed by atoms with E-state index in [2.05, 4.69) is 24.1 Å². The normalized spacial score (nSPS) is 24.3. The largest absolute Gasteiger partial charge is 0.312 e. The lowest BCUT2D eigenvalue weighted by Crippen LogP contribution is -2.48. The summed E-state index contributed by atoms with van der Waals surface area (Å²) >= 11 is 0. The molecule has 0 bridgehead atoms. The predicted molar refractivity (Wildman–Crippen MR) is 92.7 cm³/mol. The summed E-state index contributed by atoms with van der Waals surface area (Å²) in [7, 11) is 0. The van der Waals surface area contributed by atoms with Gasteiger partial charge in [0.25, 0.3) is 0 Å². The highest BCUT2D eigenvalue weighted by Gasteiger charge is 2.27. The van der Waals surface area contributed by atoms with Gasteiger partial charge in [-0.3, -0.25) is 0 Å². The zero-order valence-corrected chi connectivity index (χ0v) is 14.6. The van der Waals surface area contributed by atoms with Crippen LogP contribution in [0.2, 0.25) is 0 Å². The molecule has 0 aromatic heterocycles. The highest BCUT2D eigenvalue weighted by Crippen LogP contribution is 2.28. The number of rotatable bonds is 8. The third kappa shape index (κ3) is 5.90. The number of piperidine rings is 1. The van der Waals surface area contributed by atoms with Crippen molar-refractivity contribution in [1.82, 2.24) is 10.2 Å². The summed E-state index contributed by atoms with van der Waals surface area (Å²) in [5.41, 5.74) is 0. The summed E-state index contributed by atoms with van der Waals surface area (Å²) in [5, 5.41) is 3.88. The molecule has 1 N–H and O–H groups in total. The van der Waals surface area contributed by atoms with Gasteiger partial charge in [0, 0.05) is 12.6 Å². The smallest absolute Gasteiger partial charge is 0.0223 e. The molecule has 2 nitrogen and oxygen atoms in total. The second kappa shape index (κ2) is 9.84. The van der Waals surface area contributed by atoms with Crippen molar-refractivity contribution in [2.45, 2.75) is 84.1 Å². The Labute approximate surface area is 133 Å². The summed E-state index contributed by atoms with van der Waals surface area (Å²) < 4.78 is 0. The Kier molecular flexibility index (Phi) is 8.10. The zero-order chi connectivity index (χ0) is 14.9. The minimum Gasteiger partial charge on any atom is -0.312 e. The molecule has 1 saturated heterocycles. The fraction of sp³-hybridized carbons (Fsp3) is 1.00. The van der Waals surface area contributed by atoms with Crippen molar-refractivity contribution in [2.24, 2.45) is 11.8 Å². The van der Waals surface area contributed by atoms with Crippen LogP contribution in [0, 0.1) is 11.8 Å². The van der Waals surface area contributed by atoms with Gasteiger partial charge in [-0.15, -0.1) is 0 Å². The van der Waals surface area contributed by atoms with E-state index in [0.717, 1.165) is 17.9 Å². The first-order valence-electron chi connectivity index (χ1n) is 9.79. The van der Waals surface area contributed by atoms with Crippen molar-refractivity contribution in [3.8, 4) is 0 Å². The average molecular weight is 295 g/mol. The molecule has 2 fully saturated rings. The second-order valence-electron chi connectivity index (χ2n) is 7.49. The van der Waals surface area contributed by atoms with Gasteiger partial charge >= 0.3 is 0 Å². The van der Waals surface area contributed by atoms with Crippen LogP contribution in [0.1, 0.15) is 78.1 Å². The van der Waals surface area contributed by atoms with Crippen LogP contribution >= 0.6 is 0 Å². The summed E-state index contributed by atoms with van der Waals surface area (Å²) in [4.78, 5) is 2.76. The lowest BCUT2D eigenvalue weighted by atomic mass is 9.83. The quantitative estimate of drug-likeness (QED) is 0.711. The molecule has 1 atom stereocenters. The van der Waals surface area contributed by atoms with E-state index in [1.807, 2.05) is 0 Å². The molecule has 1 aliphatic heterocycles. The SMILES string of the molecule is CCCNC(CN1CCC(CCC)CC1)C1CCCCC1. The van der Waals surface area contributed by atoms with Crippen molar-refractivity contribution in [2.75, 3.05) is 26.2 Å². The summed E-state index contributed by atoms with van der Waals surface area (Å²) in [6.07, 6.45) is 14.3. The Morgan fingerprint density at radius 2 is 1.67 bits per heavy atom. The van der Waals surface area contributed by atoms with Gasteiger partial charge in [0.2, 0.25) is 0 Å². The van der Waals surface area contributed by atoms with Crippen LogP contribution in [0.3, 0.4) is 0 Å². The molecule has 1 heterocycles. The number of hydrogen-bond donors (Lipinski definition) is 1. The van der Waals surface area contributed by atoms with E-state index in [-0.39, 0.29) is 0 Å². The maximum Gasteiger partial charge on any atom is 0.0223 e. The van der Waals surface area contributed by atoms with Crippen LogP contribution in [-0.4, -0.2) is 37.1 Å². The van der Waals surface area contributed by atoms with Crippen molar-refractivity contribution >= 4 is 0 Å². The van der Waals surface area contributed by atoms with Crippen molar-refractivity contribution in [3.05, 3.63) is 0 Å². The second-order valence-corrected chi connectivity index (χ2v) is 7.49. The minimum absolute atomic E-state index is 0.757. The molecule has 1 unspecified atom stereocenters. The van der Waals surface area contributed by atoms with Crippen LogP contribution in [0.5, 0.6) is 0 Å². The van der Waals surface area contributed by atoms with Gasteiger partial charge in [-0.25, -0.2) is 0 Å². The van der Waals surface area contributed by atoms with Gasteiger partial charge in [0.15, 0.2) is 0 Å². The number of nitrogens with zero attached hydrogens (tertiary/aromatic N) is 1. The van der Waals surface area contributed by atoms with E-state index < -0.39 is 0 Å². The van der Waals surface area contributed by atoms with E-state index in [9.17, 15) is 0 Å². The van der Waals surface area contributed by atoms with Gasteiger partial charge in [0.1, 0.15) is 0 Å². The minimum atomic E-state index is 0.757. The van der Waals surface area contributed by atoms with E-state index in [4.69, 9.17) is 0 Å². The Bertz CT molecular complexity index is 252. The Balaban J connectivity index is 1.78. The molecular weight excluding hydrogens is 256 g/mol. The summed E-state index contributed by atoms with van der Waals surface area (Å²) in [6, 6.07) is 0.757. The first-order chi connectivity index (χ1) is 10.3. The predicted octanol–water partition coefficient (Wildman–Crippen LogP) is 4.45. The standard InChI is InChI=1S/C19H38N2/c1-3-8-17-11-14-21(15-12-17)16-19(20-13-4-2)18-9-6-5-7-10-18/h17-20H,3-16H2,1-2H3. The summed E-state index contributed by atoms with van der Waals surface area (Å²) in [6.45, 7) is 9.84. The first kappa shape index (κ1) is 17.3. The molecule has 124 valence electrons. The maximum absolute atomic E-state index is 3.88. The molecular formula is C19H38N2. The fourth-order valence-electron chi connectivity index (χ4n) is 4.39. The molecule has 0 amide bonds. The molecule has 0 aromatic rings. The maximum atomic E-state index is 3.88. The molecule has 2 aliphatic rings. The Morgan fingerprint density at radius 1 is 0.952 bits per heavy atom. The third-order valence-corrected chi connectivity index (χ3v) is 5.73. The molecule has 1 saturated carbocycles. The van der Waals surface area contributed by atoms with Crippen molar-refractivity contribution in [1.29, 1.82) is 0 Å². The zero-order valence-electron chi connectivity index (χ0n) is 14.6. The lowest BCUT2D eigenvalue weighted by Gasteiger charge is -2.38. The number of likely N-dealkylation sites (tertiary alicyclic amines) is 1. The average Bonchev–Trinajstić information content (AvgIpc) is 2.54. The van der Waals surface area contributed by atoms with Gasteiger partial charge in [-0.2, -0.15) is 0 Å². The number of nitrogens with one attached hydrogen (secondary N) is 1. The van der Waals surface area contributed by atoms with Crippen LogP contribution < -0.4 is 5.32 Å². The van der Waals surface area contributed by atoms with Gasteiger partial charge in [-0.1, -0.05) is 46.0 Å². The molecule has 0 radical (unpaired) electrons. The highest BCUT2D eigenvalue weighted by molar-refractivity contribution is 4.84. The molecule has 2 rings (SSSR count). The van der Waals surface area contributed by atoms with Crippen molar-refractivity contribution < 1.29 is 0 Å². The van der Waals surface area contributed by atoms with Gasteiger partial charge < -0.3 is 10.2 Å². The topological polar surface area (TPSA) is 15.3 Å². The molecule has 0 aromatic carbocycles. The van der Waals surface area contributed by atoms with Crippen LogP contribution in [0.4, 0.5) is 0 Å². The van der Waals surface area contributed by atoms with Crippen LogP contribution in [0.25, 0.3) is 0 Å². The molecule has 1 aliphatic carbocycles. The van der Waals surface area contributed by atoms with E-state index in [1.165, 1.54) is 90.4 Å². The van der Waals surface area contributed by atoms with Gasteiger partial charge in [0.05, 0.1) is 0 Å².